The average Bonchev–Trinajstić information content (AvgIpc) is 2.86. The van der Waals surface area contributed by atoms with Crippen molar-refractivity contribution in [3.63, 3.8) is 0 Å². The summed E-state index contributed by atoms with van der Waals surface area (Å²) in [6.45, 7) is 6.44. The van der Waals surface area contributed by atoms with E-state index in [2.05, 4.69) is 31.3 Å². The summed E-state index contributed by atoms with van der Waals surface area (Å²) in [5, 5.41) is 3.43. The molecule has 2 rings (SSSR count). The van der Waals surface area contributed by atoms with E-state index < -0.39 is 0 Å². The smallest absolute Gasteiger partial charge is 0.338 e. The van der Waals surface area contributed by atoms with Gasteiger partial charge in [-0.2, -0.15) is 0 Å². The maximum atomic E-state index is 11.6. The van der Waals surface area contributed by atoms with Gasteiger partial charge in [-0.15, -0.1) is 11.3 Å². The largest absolute Gasteiger partial charge is 0.462 e. The first-order valence-electron chi connectivity index (χ1n) is 6.70. The third-order valence-electron chi connectivity index (χ3n) is 2.97. The minimum atomic E-state index is -0.277. The molecule has 1 N–H and O–H groups in total. The molecule has 0 saturated carbocycles. The number of nitrogens with one attached hydrogen (secondary N) is 1. The highest BCUT2D eigenvalue weighted by atomic mass is 32.1. The quantitative estimate of drug-likeness (QED) is 0.829. The van der Waals surface area contributed by atoms with Gasteiger partial charge in [0.25, 0.3) is 0 Å². The molecule has 2 aromatic rings. The number of carbonyl (C=O) groups excluding carboxylic acids is 1. The van der Waals surface area contributed by atoms with Gasteiger partial charge in [0.2, 0.25) is 0 Å². The van der Waals surface area contributed by atoms with E-state index in [1.54, 1.807) is 30.4 Å². The van der Waals surface area contributed by atoms with Crippen LogP contribution in [0.1, 0.15) is 40.0 Å². The molecule has 0 amide bonds. The lowest BCUT2D eigenvalue weighted by molar-refractivity contribution is 0.0526. The Labute approximate surface area is 123 Å². The molecule has 20 heavy (non-hydrogen) atoms. The minimum Gasteiger partial charge on any atom is -0.462 e. The zero-order chi connectivity index (χ0) is 14.5. The fourth-order valence-electron chi connectivity index (χ4n) is 1.92. The standard InChI is InChI=1S/C16H19NO2S/c1-4-19-16(18)13-6-8-14(9-7-13)17-12(3)15-10-5-11(2)20-15/h5-10,12,17H,4H2,1-3H3. The third kappa shape index (κ3) is 3.61. The van der Waals surface area contributed by atoms with Crippen LogP contribution in [0.4, 0.5) is 5.69 Å². The lowest BCUT2D eigenvalue weighted by Crippen LogP contribution is -2.06. The van der Waals surface area contributed by atoms with E-state index >= 15 is 0 Å². The molecule has 4 heteroatoms. The van der Waals surface area contributed by atoms with Crippen molar-refractivity contribution in [1.82, 2.24) is 0 Å². The molecule has 0 aliphatic heterocycles. The normalized spacial score (nSPS) is 11.9. The van der Waals surface area contributed by atoms with E-state index in [-0.39, 0.29) is 12.0 Å². The first-order chi connectivity index (χ1) is 9.60. The molecular formula is C16H19NO2S. The molecule has 1 heterocycles. The summed E-state index contributed by atoms with van der Waals surface area (Å²) in [5.41, 5.74) is 1.58. The predicted octanol–water partition coefficient (Wildman–Crippen LogP) is 4.41. The van der Waals surface area contributed by atoms with Crippen LogP contribution < -0.4 is 5.32 Å². The summed E-state index contributed by atoms with van der Waals surface area (Å²) < 4.78 is 4.96. The van der Waals surface area contributed by atoms with E-state index in [0.29, 0.717) is 12.2 Å². The van der Waals surface area contributed by atoms with Gasteiger partial charge in [-0.3, -0.25) is 0 Å². The van der Waals surface area contributed by atoms with Gasteiger partial charge in [-0.1, -0.05) is 0 Å². The predicted molar refractivity (Wildman–Crippen MR) is 83.5 cm³/mol. The molecule has 0 bridgehead atoms. The number of hydrogen-bond acceptors (Lipinski definition) is 4. The SMILES string of the molecule is CCOC(=O)c1ccc(NC(C)c2ccc(C)s2)cc1. The maximum Gasteiger partial charge on any atom is 0.338 e. The van der Waals surface area contributed by atoms with E-state index in [4.69, 9.17) is 4.74 Å². The second-order valence-electron chi connectivity index (χ2n) is 4.61. The van der Waals surface area contributed by atoms with E-state index in [0.717, 1.165) is 5.69 Å². The van der Waals surface area contributed by atoms with E-state index in [1.807, 2.05) is 12.1 Å². The topological polar surface area (TPSA) is 38.3 Å². The fourth-order valence-corrected chi connectivity index (χ4v) is 2.80. The van der Waals surface area contributed by atoms with Crippen LogP contribution in [0, 0.1) is 6.92 Å². The highest BCUT2D eigenvalue weighted by molar-refractivity contribution is 7.12. The van der Waals surface area contributed by atoms with Crippen LogP contribution in [0.2, 0.25) is 0 Å². The molecule has 1 aromatic carbocycles. The van der Waals surface area contributed by atoms with Gasteiger partial charge in [0.05, 0.1) is 18.2 Å². The number of thiophene rings is 1. The van der Waals surface area contributed by atoms with Gasteiger partial charge < -0.3 is 10.1 Å². The summed E-state index contributed by atoms with van der Waals surface area (Å²) in [6.07, 6.45) is 0. The first kappa shape index (κ1) is 14.6. The summed E-state index contributed by atoms with van der Waals surface area (Å²) in [5.74, 6) is -0.277. The molecule has 0 saturated heterocycles. The van der Waals surface area contributed by atoms with Crippen LogP contribution in [0.5, 0.6) is 0 Å². The third-order valence-corrected chi connectivity index (χ3v) is 4.15. The molecular weight excluding hydrogens is 270 g/mol. The Morgan fingerprint density at radius 2 is 1.95 bits per heavy atom. The Kier molecular flexibility index (Phi) is 4.79. The lowest BCUT2D eigenvalue weighted by atomic mass is 10.2. The van der Waals surface area contributed by atoms with Crippen LogP contribution in [0.15, 0.2) is 36.4 Å². The minimum absolute atomic E-state index is 0.252. The number of aryl methyl sites for hydroxylation is 1. The molecule has 1 unspecified atom stereocenters. The van der Waals surface area contributed by atoms with E-state index in [9.17, 15) is 4.79 Å². The van der Waals surface area contributed by atoms with Gasteiger partial charge in [-0.05, 0) is 57.2 Å². The molecule has 1 aromatic heterocycles. The number of ether oxygens (including phenoxy) is 1. The van der Waals surface area contributed by atoms with Gasteiger partial charge in [0.15, 0.2) is 0 Å². The van der Waals surface area contributed by atoms with Crippen molar-refractivity contribution < 1.29 is 9.53 Å². The molecule has 0 fully saturated rings. The first-order valence-corrected chi connectivity index (χ1v) is 7.52. The number of carbonyl (C=O) groups is 1. The van der Waals surface area contributed by atoms with Crippen LogP contribution in [-0.2, 0) is 4.74 Å². The Morgan fingerprint density at radius 3 is 2.50 bits per heavy atom. The Balaban J connectivity index is 2.01. The Morgan fingerprint density at radius 1 is 1.25 bits per heavy atom. The number of anilines is 1. The number of benzene rings is 1. The zero-order valence-corrected chi connectivity index (χ0v) is 12.8. The second kappa shape index (κ2) is 6.57. The molecule has 0 aliphatic rings. The Hall–Kier alpha value is -1.81. The molecule has 106 valence electrons. The van der Waals surface area contributed by atoms with Crippen molar-refractivity contribution in [2.24, 2.45) is 0 Å². The van der Waals surface area contributed by atoms with Crippen LogP contribution in [-0.4, -0.2) is 12.6 Å². The average molecular weight is 289 g/mol. The van der Waals surface area contributed by atoms with Gasteiger partial charge in [0.1, 0.15) is 0 Å². The van der Waals surface area contributed by atoms with Gasteiger partial charge >= 0.3 is 5.97 Å². The Bertz CT molecular complexity index is 574. The summed E-state index contributed by atoms with van der Waals surface area (Å²) in [6, 6.07) is 11.9. The summed E-state index contributed by atoms with van der Waals surface area (Å²) in [4.78, 5) is 14.2. The lowest BCUT2D eigenvalue weighted by Gasteiger charge is -2.14. The number of hydrogen-bond donors (Lipinski definition) is 1. The highest BCUT2D eigenvalue weighted by Gasteiger charge is 2.09. The monoisotopic (exact) mass is 289 g/mol. The maximum absolute atomic E-state index is 11.6. The van der Waals surface area contributed by atoms with Crippen LogP contribution >= 0.6 is 11.3 Å². The molecule has 0 aliphatic carbocycles. The molecule has 0 radical (unpaired) electrons. The van der Waals surface area contributed by atoms with Crippen molar-refractivity contribution in [2.45, 2.75) is 26.8 Å². The second-order valence-corrected chi connectivity index (χ2v) is 5.93. The van der Waals surface area contributed by atoms with Crippen molar-refractivity contribution in [3.05, 3.63) is 51.7 Å². The number of esters is 1. The molecule has 3 nitrogen and oxygen atoms in total. The van der Waals surface area contributed by atoms with Crippen molar-refractivity contribution in [1.29, 1.82) is 0 Å². The van der Waals surface area contributed by atoms with Crippen LogP contribution in [0.3, 0.4) is 0 Å². The van der Waals surface area contributed by atoms with Crippen LogP contribution in [0.25, 0.3) is 0 Å². The highest BCUT2D eigenvalue weighted by Crippen LogP contribution is 2.25. The zero-order valence-electron chi connectivity index (χ0n) is 12.0. The van der Waals surface area contributed by atoms with Crippen molar-refractivity contribution in [3.8, 4) is 0 Å². The molecule has 0 spiro atoms. The summed E-state index contributed by atoms with van der Waals surface area (Å²) in [7, 11) is 0. The van der Waals surface area contributed by atoms with Crippen molar-refractivity contribution >= 4 is 23.0 Å². The molecule has 1 atom stereocenters. The summed E-state index contributed by atoms with van der Waals surface area (Å²) >= 11 is 1.79. The number of rotatable bonds is 5. The van der Waals surface area contributed by atoms with Gasteiger partial charge in [-0.25, -0.2) is 4.79 Å². The fraction of sp³-hybridized carbons (Fsp3) is 0.312. The van der Waals surface area contributed by atoms with Crippen molar-refractivity contribution in [2.75, 3.05) is 11.9 Å². The van der Waals surface area contributed by atoms with Gasteiger partial charge in [0, 0.05) is 15.4 Å². The van der Waals surface area contributed by atoms with E-state index in [1.165, 1.54) is 9.75 Å².